The van der Waals surface area contributed by atoms with Crippen molar-refractivity contribution in [3.63, 3.8) is 0 Å². The maximum Gasteiger partial charge on any atom is 0.157 e. The molecular weight excluding hydrogens is 695 g/mol. The molecule has 0 fully saturated rings. The van der Waals surface area contributed by atoms with Crippen molar-refractivity contribution in [2.24, 2.45) is 9.98 Å². The zero-order chi connectivity index (χ0) is 38.1. The Labute approximate surface area is 331 Å². The van der Waals surface area contributed by atoms with Crippen molar-refractivity contribution in [3.05, 3.63) is 217 Å². The Kier molecular flexibility index (Phi) is 8.73. The van der Waals surface area contributed by atoms with Gasteiger partial charge in [0.05, 0.1) is 28.6 Å². The van der Waals surface area contributed by atoms with E-state index in [1.165, 1.54) is 54.7 Å². The number of aliphatic imine (C=N–C) groups is 2. The summed E-state index contributed by atoms with van der Waals surface area (Å²) in [6.45, 7) is 0.484. The van der Waals surface area contributed by atoms with Gasteiger partial charge < -0.3 is 14.5 Å². The quantitative estimate of drug-likeness (QED) is 0.129. The van der Waals surface area contributed by atoms with Gasteiger partial charge in [0.25, 0.3) is 0 Å². The first-order chi connectivity index (χ1) is 28.2. The lowest BCUT2D eigenvalue weighted by molar-refractivity contribution is 1.05. The third-order valence-corrected chi connectivity index (χ3v) is 10.8. The Bertz CT molecular complexity index is 3120. The number of para-hydroxylation sites is 3. The second-order valence-electron chi connectivity index (χ2n) is 14.3. The van der Waals surface area contributed by atoms with E-state index in [2.05, 4.69) is 178 Å². The van der Waals surface area contributed by atoms with Gasteiger partial charge in [0.2, 0.25) is 0 Å². The van der Waals surface area contributed by atoms with Crippen LogP contribution in [-0.2, 0) is 6.54 Å². The van der Waals surface area contributed by atoms with Crippen molar-refractivity contribution in [2.45, 2.75) is 6.54 Å². The topological polar surface area (TPSA) is 46.6 Å². The molecule has 272 valence electrons. The summed E-state index contributed by atoms with van der Waals surface area (Å²) in [5.74, 6) is 1.46. The van der Waals surface area contributed by atoms with Crippen LogP contribution in [0.5, 0.6) is 0 Å². The van der Waals surface area contributed by atoms with Gasteiger partial charge in [-0.1, -0.05) is 140 Å². The fraction of sp³-hybridized carbons (Fsp3) is 0.0385. The van der Waals surface area contributed by atoms with E-state index in [1.807, 2.05) is 43.4 Å². The van der Waals surface area contributed by atoms with E-state index >= 15 is 0 Å². The van der Waals surface area contributed by atoms with Crippen molar-refractivity contribution >= 4 is 55.3 Å². The molecule has 0 saturated carbocycles. The van der Waals surface area contributed by atoms with E-state index in [0.29, 0.717) is 12.4 Å². The highest BCUT2D eigenvalue weighted by Crippen LogP contribution is 2.38. The Morgan fingerprint density at radius 2 is 0.930 bits per heavy atom. The molecule has 0 aliphatic rings. The summed E-state index contributed by atoms with van der Waals surface area (Å²) >= 11 is 0. The van der Waals surface area contributed by atoms with E-state index in [9.17, 15) is 0 Å². The Morgan fingerprint density at radius 1 is 0.439 bits per heavy atom. The molecule has 1 N–H and O–H groups in total. The number of aromatic nitrogens is 2. The predicted molar refractivity (Wildman–Crippen MR) is 239 cm³/mol. The van der Waals surface area contributed by atoms with Crippen LogP contribution in [0.3, 0.4) is 0 Å². The number of benzene rings is 8. The van der Waals surface area contributed by atoms with E-state index in [1.54, 1.807) is 0 Å². The first kappa shape index (κ1) is 34.0. The molecule has 5 heteroatoms. The van der Waals surface area contributed by atoms with Crippen molar-refractivity contribution in [1.82, 2.24) is 14.5 Å². The Balaban J connectivity index is 1.04. The van der Waals surface area contributed by atoms with Crippen LogP contribution >= 0.6 is 0 Å². The molecule has 0 bridgehead atoms. The number of amidine groups is 2. The first-order valence-electron chi connectivity index (χ1n) is 19.4. The molecule has 8 aromatic carbocycles. The first-order valence-corrected chi connectivity index (χ1v) is 19.4. The van der Waals surface area contributed by atoms with Crippen LogP contribution in [0, 0.1) is 0 Å². The lowest BCUT2D eigenvalue weighted by Gasteiger charge is -2.11. The highest BCUT2D eigenvalue weighted by atomic mass is 15.0. The number of fused-ring (bicyclic) bond motifs is 6. The summed E-state index contributed by atoms with van der Waals surface area (Å²) in [5.41, 5.74) is 12.5. The molecule has 10 aromatic rings. The van der Waals surface area contributed by atoms with Gasteiger partial charge in [-0.15, -0.1) is 0 Å². The molecule has 0 atom stereocenters. The highest BCUT2D eigenvalue weighted by molar-refractivity contribution is 6.13. The van der Waals surface area contributed by atoms with Crippen LogP contribution in [0.25, 0.3) is 66.1 Å². The minimum absolute atomic E-state index is 0.484. The summed E-state index contributed by atoms with van der Waals surface area (Å²) in [6, 6.07) is 70.9. The standard InChI is InChI=1S/C52H39N5/c1-53-51(37-17-5-2-6-18-37)55-52(38-19-7-3-8-20-38)54-35-36-16-15-23-42(32-36)57-48-27-14-12-25-44(48)46-34-40(29-31-50(46)57)39-28-30-49-45(33-39)43-24-11-13-26-47(43)56(49)41-21-9-4-10-22-41/h2-34H,35H2,1H3,(H,53,54,55). The fourth-order valence-corrected chi connectivity index (χ4v) is 8.14. The van der Waals surface area contributed by atoms with Gasteiger partial charge in [0, 0.05) is 51.1 Å². The van der Waals surface area contributed by atoms with Gasteiger partial charge in [-0.25, -0.2) is 4.99 Å². The van der Waals surface area contributed by atoms with Gasteiger partial charge in [-0.2, -0.15) is 0 Å². The molecular formula is C52H39N5. The smallest absolute Gasteiger partial charge is 0.157 e. The largest absolute Gasteiger partial charge is 0.373 e. The van der Waals surface area contributed by atoms with Crippen molar-refractivity contribution in [3.8, 4) is 22.5 Å². The number of nitrogens with zero attached hydrogens (tertiary/aromatic N) is 4. The number of rotatable bonds is 7. The van der Waals surface area contributed by atoms with Gasteiger partial charge in [-0.05, 0) is 77.4 Å². The minimum atomic E-state index is 0.484. The molecule has 10 rings (SSSR count). The normalized spacial score (nSPS) is 12.2. The monoisotopic (exact) mass is 733 g/mol. The molecule has 0 aliphatic carbocycles. The van der Waals surface area contributed by atoms with Crippen LogP contribution in [-0.4, -0.2) is 27.9 Å². The molecule has 0 spiro atoms. The average molecular weight is 734 g/mol. The summed E-state index contributed by atoms with van der Waals surface area (Å²) in [7, 11) is 1.90. The average Bonchev–Trinajstić information content (AvgIpc) is 3.80. The number of nitrogens with one attached hydrogen (secondary N) is 1. The van der Waals surface area contributed by atoms with E-state index in [4.69, 9.17) is 9.98 Å². The summed E-state index contributed by atoms with van der Waals surface area (Å²) in [4.78, 5) is 10.1. The van der Waals surface area contributed by atoms with Gasteiger partial charge in [0.1, 0.15) is 5.84 Å². The highest BCUT2D eigenvalue weighted by Gasteiger charge is 2.16. The molecule has 2 heterocycles. The Morgan fingerprint density at radius 3 is 1.53 bits per heavy atom. The molecule has 0 radical (unpaired) electrons. The third-order valence-electron chi connectivity index (χ3n) is 10.8. The number of hydrogen-bond acceptors (Lipinski definition) is 1. The van der Waals surface area contributed by atoms with Gasteiger partial charge in [-0.3, -0.25) is 4.99 Å². The second kappa shape index (κ2) is 14.6. The SMILES string of the molecule is CNC(=NC(=NCc1cccc(-n2c3ccccc3c3cc(-c4ccc5c(c4)c4ccccc4n5-c4ccccc4)ccc32)c1)c1ccccc1)c1ccccc1. The molecule has 2 aromatic heterocycles. The van der Waals surface area contributed by atoms with E-state index in [0.717, 1.165) is 33.9 Å². The Hall–Kier alpha value is -7.50. The van der Waals surface area contributed by atoms with E-state index < -0.39 is 0 Å². The predicted octanol–water partition coefficient (Wildman–Crippen LogP) is 12.2. The maximum absolute atomic E-state index is 5.11. The minimum Gasteiger partial charge on any atom is -0.373 e. The molecule has 0 saturated heterocycles. The van der Waals surface area contributed by atoms with Gasteiger partial charge >= 0.3 is 0 Å². The summed E-state index contributed by atoms with van der Waals surface area (Å²) in [6.07, 6.45) is 0. The lowest BCUT2D eigenvalue weighted by atomic mass is 10.0. The number of hydrogen-bond donors (Lipinski definition) is 1. The van der Waals surface area contributed by atoms with Crippen molar-refractivity contribution in [2.75, 3.05) is 7.05 Å². The molecule has 0 aliphatic heterocycles. The maximum atomic E-state index is 5.11. The lowest BCUT2D eigenvalue weighted by Crippen LogP contribution is -2.21. The molecule has 57 heavy (non-hydrogen) atoms. The molecule has 5 nitrogen and oxygen atoms in total. The third kappa shape index (κ3) is 6.25. The fourth-order valence-electron chi connectivity index (χ4n) is 8.14. The van der Waals surface area contributed by atoms with Crippen LogP contribution in [0.15, 0.2) is 210 Å². The molecule has 0 unspecified atom stereocenters. The van der Waals surface area contributed by atoms with Crippen LogP contribution in [0.1, 0.15) is 16.7 Å². The van der Waals surface area contributed by atoms with E-state index in [-0.39, 0.29) is 0 Å². The zero-order valence-corrected chi connectivity index (χ0v) is 31.5. The van der Waals surface area contributed by atoms with Crippen LogP contribution in [0.4, 0.5) is 0 Å². The summed E-state index contributed by atoms with van der Waals surface area (Å²) < 4.78 is 4.74. The van der Waals surface area contributed by atoms with Gasteiger partial charge in [0.15, 0.2) is 5.84 Å². The second-order valence-corrected chi connectivity index (χ2v) is 14.3. The molecule has 0 amide bonds. The zero-order valence-electron chi connectivity index (χ0n) is 31.5. The van der Waals surface area contributed by atoms with Crippen LogP contribution in [0.2, 0.25) is 0 Å². The van der Waals surface area contributed by atoms with Crippen molar-refractivity contribution < 1.29 is 0 Å². The summed E-state index contributed by atoms with van der Waals surface area (Å²) in [5, 5.41) is 8.22. The van der Waals surface area contributed by atoms with Crippen molar-refractivity contribution in [1.29, 1.82) is 0 Å². The van der Waals surface area contributed by atoms with Crippen LogP contribution < -0.4 is 5.32 Å².